The summed E-state index contributed by atoms with van der Waals surface area (Å²) in [5, 5.41) is 5.26. The van der Waals surface area contributed by atoms with Gasteiger partial charge in [0.25, 0.3) is 0 Å². The molecule has 114 valence electrons. The Hall–Kier alpha value is -2.56. The summed E-state index contributed by atoms with van der Waals surface area (Å²) in [6, 6.07) is 8.10. The fraction of sp³-hybridized carbons (Fsp3) is 0.294. The van der Waals surface area contributed by atoms with E-state index >= 15 is 0 Å². The van der Waals surface area contributed by atoms with Crippen molar-refractivity contribution in [3.05, 3.63) is 53.5 Å². The Morgan fingerprint density at radius 2 is 2.14 bits per heavy atom. The summed E-state index contributed by atoms with van der Waals surface area (Å²) in [6.45, 7) is 2.60. The molecule has 0 fully saturated rings. The molecule has 2 aromatic heterocycles. The number of nitrogens with zero attached hydrogens (tertiary/aromatic N) is 3. The first-order valence-corrected chi connectivity index (χ1v) is 7.32. The maximum absolute atomic E-state index is 12.5. The van der Waals surface area contributed by atoms with Gasteiger partial charge in [0.05, 0.1) is 12.6 Å². The average molecular weight is 296 g/mol. The number of benzene rings is 1. The van der Waals surface area contributed by atoms with Crippen LogP contribution in [0.4, 0.5) is 0 Å². The number of hydrogen-bond donors (Lipinski definition) is 1. The fourth-order valence-electron chi connectivity index (χ4n) is 2.76. The molecule has 0 aliphatic heterocycles. The van der Waals surface area contributed by atoms with Gasteiger partial charge in [-0.1, -0.05) is 18.2 Å². The number of carbonyl (C=O) groups is 1. The summed E-state index contributed by atoms with van der Waals surface area (Å²) >= 11 is 0. The maximum Gasteiger partial charge on any atom is 0.227 e. The van der Waals surface area contributed by atoms with Crippen molar-refractivity contribution in [2.45, 2.75) is 19.9 Å². The molecule has 0 spiro atoms. The molecule has 3 rings (SSSR count). The van der Waals surface area contributed by atoms with E-state index in [9.17, 15) is 4.79 Å². The summed E-state index contributed by atoms with van der Waals surface area (Å²) < 4.78 is 1.75. The van der Waals surface area contributed by atoms with Crippen LogP contribution in [0, 0.1) is 6.92 Å². The number of rotatable bonds is 4. The zero-order valence-corrected chi connectivity index (χ0v) is 13.1. The first-order valence-electron chi connectivity index (χ1n) is 7.32. The first-order chi connectivity index (χ1) is 10.5. The van der Waals surface area contributed by atoms with Gasteiger partial charge < -0.3 is 9.88 Å². The monoisotopic (exact) mass is 296 g/mol. The van der Waals surface area contributed by atoms with Gasteiger partial charge >= 0.3 is 0 Å². The number of likely N-dealkylation sites (N-methyl/N-ethyl adjacent to an activating group) is 1. The quantitative estimate of drug-likeness (QED) is 0.804. The van der Waals surface area contributed by atoms with Gasteiger partial charge in [-0.25, -0.2) is 0 Å². The Labute approximate surface area is 129 Å². The molecular formula is C17H20N4O. The molecule has 22 heavy (non-hydrogen) atoms. The van der Waals surface area contributed by atoms with Gasteiger partial charge in [-0.05, 0) is 18.6 Å². The van der Waals surface area contributed by atoms with Crippen molar-refractivity contribution in [1.29, 1.82) is 0 Å². The lowest BCUT2D eigenvalue weighted by Crippen LogP contribution is -2.27. The lowest BCUT2D eigenvalue weighted by atomic mass is 10.1. The molecule has 5 heteroatoms. The fourth-order valence-corrected chi connectivity index (χ4v) is 2.76. The SMILES string of the molecule is Cc1[nH]c2ccccc2c1CC(=O)N(C)Cc1cnn(C)c1. The molecule has 0 atom stereocenters. The molecule has 1 amide bonds. The predicted octanol–water partition coefficient (Wildman–Crippen LogP) is 2.41. The second-order valence-corrected chi connectivity index (χ2v) is 5.72. The van der Waals surface area contributed by atoms with Gasteiger partial charge in [-0.15, -0.1) is 0 Å². The number of aromatic amines is 1. The van der Waals surface area contributed by atoms with Gasteiger partial charge in [0.1, 0.15) is 0 Å². The summed E-state index contributed by atoms with van der Waals surface area (Å²) in [7, 11) is 3.71. The number of fused-ring (bicyclic) bond motifs is 1. The third-order valence-electron chi connectivity index (χ3n) is 3.96. The van der Waals surface area contributed by atoms with Crippen LogP contribution in [0.15, 0.2) is 36.7 Å². The van der Waals surface area contributed by atoms with Crippen molar-refractivity contribution in [2.75, 3.05) is 7.05 Å². The second-order valence-electron chi connectivity index (χ2n) is 5.72. The highest BCUT2D eigenvalue weighted by atomic mass is 16.2. The largest absolute Gasteiger partial charge is 0.358 e. The smallest absolute Gasteiger partial charge is 0.227 e. The summed E-state index contributed by atoms with van der Waals surface area (Å²) in [5.41, 5.74) is 4.26. The second kappa shape index (κ2) is 5.67. The molecule has 2 heterocycles. The van der Waals surface area contributed by atoms with Crippen LogP contribution in [0.3, 0.4) is 0 Å². The van der Waals surface area contributed by atoms with E-state index in [0.717, 1.165) is 27.7 Å². The van der Waals surface area contributed by atoms with Crippen LogP contribution in [0.2, 0.25) is 0 Å². The van der Waals surface area contributed by atoms with E-state index in [2.05, 4.69) is 16.1 Å². The van der Waals surface area contributed by atoms with Gasteiger partial charge in [0.15, 0.2) is 0 Å². The van der Waals surface area contributed by atoms with E-state index in [4.69, 9.17) is 0 Å². The van der Waals surface area contributed by atoms with Crippen molar-refractivity contribution in [2.24, 2.45) is 7.05 Å². The highest BCUT2D eigenvalue weighted by Crippen LogP contribution is 2.22. The number of aromatic nitrogens is 3. The number of carbonyl (C=O) groups excluding carboxylic acids is 1. The Bertz CT molecular complexity index is 815. The predicted molar refractivity (Wildman–Crippen MR) is 86.4 cm³/mol. The Balaban J connectivity index is 1.76. The van der Waals surface area contributed by atoms with Crippen molar-refractivity contribution < 1.29 is 4.79 Å². The van der Waals surface area contributed by atoms with Gasteiger partial charge in [0.2, 0.25) is 5.91 Å². The van der Waals surface area contributed by atoms with Crippen LogP contribution < -0.4 is 0 Å². The highest BCUT2D eigenvalue weighted by Gasteiger charge is 2.15. The number of para-hydroxylation sites is 1. The van der Waals surface area contributed by atoms with Crippen LogP contribution in [0.25, 0.3) is 10.9 Å². The third-order valence-corrected chi connectivity index (χ3v) is 3.96. The Morgan fingerprint density at radius 1 is 1.36 bits per heavy atom. The third kappa shape index (κ3) is 2.74. The van der Waals surface area contributed by atoms with E-state index in [-0.39, 0.29) is 5.91 Å². The molecule has 5 nitrogen and oxygen atoms in total. The maximum atomic E-state index is 12.5. The molecule has 0 radical (unpaired) electrons. The van der Waals surface area contributed by atoms with E-state index in [1.807, 2.05) is 45.4 Å². The molecular weight excluding hydrogens is 276 g/mol. The minimum atomic E-state index is 0.108. The van der Waals surface area contributed by atoms with Crippen molar-refractivity contribution in [3.63, 3.8) is 0 Å². The number of aryl methyl sites for hydroxylation is 2. The van der Waals surface area contributed by atoms with E-state index in [0.29, 0.717) is 13.0 Å². The average Bonchev–Trinajstić information content (AvgIpc) is 3.03. The molecule has 0 aliphatic rings. The number of H-pyrrole nitrogens is 1. The zero-order chi connectivity index (χ0) is 15.7. The normalized spacial score (nSPS) is 11.0. The van der Waals surface area contributed by atoms with Crippen molar-refractivity contribution in [3.8, 4) is 0 Å². The number of hydrogen-bond acceptors (Lipinski definition) is 2. The van der Waals surface area contributed by atoms with Crippen LogP contribution in [0.1, 0.15) is 16.8 Å². The molecule has 1 N–H and O–H groups in total. The number of amides is 1. The van der Waals surface area contributed by atoms with Gasteiger partial charge in [0, 0.05) is 49.0 Å². The minimum absolute atomic E-state index is 0.108. The molecule has 0 saturated carbocycles. The standard InChI is InChI=1S/C17H20N4O/c1-12-15(14-6-4-5-7-16(14)19-12)8-17(22)20(2)10-13-9-18-21(3)11-13/h4-7,9,11,19H,8,10H2,1-3H3. The van der Waals surface area contributed by atoms with E-state index < -0.39 is 0 Å². The molecule has 0 aliphatic carbocycles. The van der Waals surface area contributed by atoms with E-state index in [1.165, 1.54) is 0 Å². The molecule has 3 aromatic rings. The lowest BCUT2D eigenvalue weighted by Gasteiger charge is -2.16. The zero-order valence-electron chi connectivity index (χ0n) is 13.1. The highest BCUT2D eigenvalue weighted by molar-refractivity contribution is 5.90. The van der Waals surface area contributed by atoms with Gasteiger partial charge in [-0.3, -0.25) is 9.48 Å². The summed E-state index contributed by atoms with van der Waals surface area (Å²) in [6.07, 6.45) is 4.13. The van der Waals surface area contributed by atoms with Crippen LogP contribution >= 0.6 is 0 Å². The molecule has 0 bridgehead atoms. The van der Waals surface area contributed by atoms with Crippen molar-refractivity contribution >= 4 is 16.8 Å². The van der Waals surface area contributed by atoms with E-state index in [1.54, 1.807) is 15.8 Å². The topological polar surface area (TPSA) is 53.9 Å². The first kappa shape index (κ1) is 14.4. The van der Waals surface area contributed by atoms with Crippen molar-refractivity contribution in [1.82, 2.24) is 19.7 Å². The molecule has 0 saturated heterocycles. The molecule has 1 aromatic carbocycles. The minimum Gasteiger partial charge on any atom is -0.358 e. The van der Waals surface area contributed by atoms with Crippen LogP contribution in [0.5, 0.6) is 0 Å². The Morgan fingerprint density at radius 3 is 2.86 bits per heavy atom. The molecule has 0 unspecified atom stereocenters. The lowest BCUT2D eigenvalue weighted by molar-refractivity contribution is -0.129. The summed E-state index contributed by atoms with van der Waals surface area (Å²) in [4.78, 5) is 17.6. The van der Waals surface area contributed by atoms with Crippen LogP contribution in [-0.4, -0.2) is 32.6 Å². The van der Waals surface area contributed by atoms with Gasteiger partial charge in [-0.2, -0.15) is 5.10 Å². The number of nitrogens with one attached hydrogen (secondary N) is 1. The van der Waals surface area contributed by atoms with Crippen LogP contribution in [-0.2, 0) is 24.8 Å². The Kier molecular flexibility index (Phi) is 3.71. The summed E-state index contributed by atoms with van der Waals surface area (Å²) in [5.74, 6) is 0.108.